The van der Waals surface area contributed by atoms with Crippen molar-refractivity contribution in [2.45, 2.75) is 68.8 Å². The van der Waals surface area contributed by atoms with E-state index in [1.807, 2.05) is 12.1 Å². The Morgan fingerprint density at radius 3 is 2.81 bits per heavy atom. The summed E-state index contributed by atoms with van der Waals surface area (Å²) in [6, 6.07) is 4.10. The van der Waals surface area contributed by atoms with Crippen molar-refractivity contribution in [1.29, 1.82) is 0 Å². The molecule has 166 valence electrons. The maximum absolute atomic E-state index is 13.5. The van der Waals surface area contributed by atoms with E-state index in [0.29, 0.717) is 18.0 Å². The molecule has 1 unspecified atom stereocenters. The van der Waals surface area contributed by atoms with Gasteiger partial charge in [-0.1, -0.05) is 18.0 Å². The first-order valence-corrected chi connectivity index (χ1v) is 12.3. The first-order chi connectivity index (χ1) is 14.9. The number of sulfonamides is 1. The van der Waals surface area contributed by atoms with Crippen LogP contribution >= 0.6 is 0 Å². The summed E-state index contributed by atoms with van der Waals surface area (Å²) < 4.78 is 33.8. The van der Waals surface area contributed by atoms with Gasteiger partial charge in [0.25, 0.3) is 0 Å². The molecule has 5 rings (SSSR count). The van der Waals surface area contributed by atoms with Gasteiger partial charge in [0.15, 0.2) is 11.6 Å². The number of aromatic nitrogens is 2. The van der Waals surface area contributed by atoms with Crippen LogP contribution in [0.25, 0.3) is 0 Å². The molecule has 1 atom stereocenters. The van der Waals surface area contributed by atoms with Crippen molar-refractivity contribution < 1.29 is 12.9 Å². The lowest BCUT2D eigenvalue weighted by atomic mass is 9.86. The summed E-state index contributed by atoms with van der Waals surface area (Å²) in [6.07, 6.45) is 7.75. The van der Waals surface area contributed by atoms with Crippen molar-refractivity contribution >= 4 is 27.4 Å². The van der Waals surface area contributed by atoms with Gasteiger partial charge in [0, 0.05) is 19.3 Å². The van der Waals surface area contributed by atoms with Crippen LogP contribution in [0.3, 0.4) is 0 Å². The molecule has 1 spiro atoms. The van der Waals surface area contributed by atoms with Crippen molar-refractivity contribution in [1.82, 2.24) is 14.4 Å². The van der Waals surface area contributed by atoms with Crippen LogP contribution in [-0.4, -0.2) is 53.4 Å². The number of pyridine rings is 1. The Balaban J connectivity index is 1.54. The SMILES string of the molecule is Cc1noc(C)c1S(=O)(=O)N1CCCC2(C1)Nc1cccnc1NC2=NC1CCCC1. The number of piperidine rings is 1. The average Bonchev–Trinajstić information content (AvgIpc) is 3.38. The molecule has 4 heterocycles. The molecule has 0 bridgehead atoms. The third-order valence-corrected chi connectivity index (χ3v) is 8.62. The lowest BCUT2D eigenvalue weighted by molar-refractivity contribution is 0.292. The van der Waals surface area contributed by atoms with Gasteiger partial charge < -0.3 is 15.2 Å². The highest BCUT2D eigenvalue weighted by Gasteiger charge is 2.47. The molecule has 2 N–H and O–H groups in total. The van der Waals surface area contributed by atoms with E-state index in [1.165, 1.54) is 12.8 Å². The molecule has 1 saturated heterocycles. The summed E-state index contributed by atoms with van der Waals surface area (Å²) in [7, 11) is -3.74. The van der Waals surface area contributed by atoms with Gasteiger partial charge in [-0.2, -0.15) is 4.31 Å². The zero-order chi connectivity index (χ0) is 21.6. The Kier molecular flexibility index (Phi) is 5.01. The van der Waals surface area contributed by atoms with Crippen molar-refractivity contribution in [3.8, 4) is 0 Å². The van der Waals surface area contributed by atoms with Crippen LogP contribution in [0.15, 0.2) is 32.7 Å². The summed E-state index contributed by atoms with van der Waals surface area (Å²) in [5.74, 6) is 1.85. The van der Waals surface area contributed by atoms with E-state index < -0.39 is 15.6 Å². The molecule has 10 heteroatoms. The predicted octanol–water partition coefficient (Wildman–Crippen LogP) is 3.09. The maximum Gasteiger partial charge on any atom is 0.248 e. The van der Waals surface area contributed by atoms with E-state index in [2.05, 4.69) is 20.8 Å². The molecule has 2 fully saturated rings. The third kappa shape index (κ3) is 3.51. The molecule has 2 aliphatic heterocycles. The fourth-order valence-corrected chi connectivity index (χ4v) is 6.84. The Bertz CT molecular complexity index is 1100. The number of rotatable bonds is 3. The van der Waals surface area contributed by atoms with Crippen LogP contribution < -0.4 is 10.6 Å². The Morgan fingerprint density at radius 1 is 1.26 bits per heavy atom. The van der Waals surface area contributed by atoms with Crippen molar-refractivity contribution in [2.24, 2.45) is 4.99 Å². The fourth-order valence-electron chi connectivity index (χ4n) is 5.02. The minimum atomic E-state index is -3.74. The molecule has 9 nitrogen and oxygen atoms in total. The molecule has 0 amide bonds. The zero-order valence-electron chi connectivity index (χ0n) is 17.9. The van der Waals surface area contributed by atoms with Crippen LogP contribution in [0, 0.1) is 13.8 Å². The quantitative estimate of drug-likeness (QED) is 0.748. The smallest absolute Gasteiger partial charge is 0.248 e. The number of hydrogen-bond donors (Lipinski definition) is 2. The second kappa shape index (κ2) is 7.59. The predicted molar refractivity (Wildman–Crippen MR) is 118 cm³/mol. The largest absolute Gasteiger partial charge is 0.369 e. The molecule has 2 aromatic rings. The molecule has 2 aromatic heterocycles. The summed E-state index contributed by atoms with van der Waals surface area (Å²) in [5.41, 5.74) is 0.633. The van der Waals surface area contributed by atoms with Gasteiger partial charge in [0.1, 0.15) is 22.0 Å². The number of aliphatic imine (C=N–C) groups is 1. The lowest BCUT2D eigenvalue weighted by Crippen LogP contribution is -2.62. The summed E-state index contributed by atoms with van der Waals surface area (Å²) >= 11 is 0. The Labute approximate surface area is 182 Å². The topological polar surface area (TPSA) is 113 Å². The van der Waals surface area contributed by atoms with E-state index in [4.69, 9.17) is 9.52 Å². The minimum absolute atomic E-state index is 0.171. The fraction of sp³-hybridized carbons (Fsp3) is 0.571. The molecular weight excluding hydrogens is 416 g/mol. The van der Waals surface area contributed by atoms with Crippen LogP contribution in [0.1, 0.15) is 50.0 Å². The van der Waals surface area contributed by atoms with E-state index >= 15 is 0 Å². The van der Waals surface area contributed by atoms with Crippen molar-refractivity contribution in [3.05, 3.63) is 29.8 Å². The number of amidine groups is 1. The number of aryl methyl sites for hydroxylation is 2. The average molecular weight is 445 g/mol. The second-order valence-corrected chi connectivity index (χ2v) is 10.6. The van der Waals surface area contributed by atoms with Gasteiger partial charge in [-0.3, -0.25) is 4.99 Å². The third-order valence-electron chi connectivity index (χ3n) is 6.53. The van der Waals surface area contributed by atoms with Crippen LogP contribution in [0.5, 0.6) is 0 Å². The highest BCUT2D eigenvalue weighted by molar-refractivity contribution is 7.89. The zero-order valence-corrected chi connectivity index (χ0v) is 18.7. The second-order valence-electron chi connectivity index (χ2n) is 8.74. The molecular formula is C21H28N6O3S. The van der Waals surface area contributed by atoms with Gasteiger partial charge in [-0.15, -0.1) is 0 Å². The molecule has 0 aromatic carbocycles. The lowest BCUT2D eigenvalue weighted by Gasteiger charge is -2.46. The normalized spacial score (nSPS) is 26.1. The molecule has 1 saturated carbocycles. The molecule has 3 aliphatic rings. The van der Waals surface area contributed by atoms with Gasteiger partial charge in [-0.25, -0.2) is 13.4 Å². The van der Waals surface area contributed by atoms with E-state index in [-0.39, 0.29) is 17.5 Å². The molecule has 31 heavy (non-hydrogen) atoms. The Morgan fingerprint density at radius 2 is 2.06 bits per heavy atom. The number of hydrogen-bond acceptors (Lipinski definition) is 7. The van der Waals surface area contributed by atoms with E-state index in [1.54, 1.807) is 24.3 Å². The number of fused-ring (bicyclic) bond motifs is 1. The van der Waals surface area contributed by atoms with Gasteiger partial charge in [-0.05, 0) is 51.7 Å². The number of nitrogens with zero attached hydrogens (tertiary/aromatic N) is 4. The number of anilines is 2. The first kappa shape index (κ1) is 20.4. The standard InChI is InChI=1S/C21H28N6O3S/c1-14-18(15(2)30-26-14)31(28,29)27-12-6-10-21(13-27)20(23-16-7-3-4-8-16)24-19-17(25-21)9-5-11-22-19/h5,9,11,16,25H,3-4,6-8,10,12-13H2,1-2H3,(H,22,23,24). The Hall–Kier alpha value is -2.46. The highest BCUT2D eigenvalue weighted by Crippen LogP contribution is 2.38. The molecule has 1 aliphatic carbocycles. The molecule has 0 radical (unpaired) electrons. The van der Waals surface area contributed by atoms with Crippen molar-refractivity contribution in [2.75, 3.05) is 23.7 Å². The monoisotopic (exact) mass is 444 g/mol. The number of nitrogens with one attached hydrogen (secondary N) is 2. The van der Waals surface area contributed by atoms with Crippen LogP contribution in [-0.2, 0) is 10.0 Å². The maximum atomic E-state index is 13.5. The van der Waals surface area contributed by atoms with Gasteiger partial charge >= 0.3 is 0 Å². The summed E-state index contributed by atoms with van der Waals surface area (Å²) in [4.78, 5) is 9.69. The van der Waals surface area contributed by atoms with Crippen LogP contribution in [0.2, 0.25) is 0 Å². The summed E-state index contributed by atoms with van der Waals surface area (Å²) in [6.45, 7) is 4.04. The minimum Gasteiger partial charge on any atom is -0.369 e. The van der Waals surface area contributed by atoms with Gasteiger partial charge in [0.2, 0.25) is 10.0 Å². The van der Waals surface area contributed by atoms with Crippen molar-refractivity contribution in [3.63, 3.8) is 0 Å². The van der Waals surface area contributed by atoms with Gasteiger partial charge in [0.05, 0.1) is 11.7 Å². The summed E-state index contributed by atoms with van der Waals surface area (Å²) in [5, 5.41) is 10.9. The van der Waals surface area contributed by atoms with E-state index in [0.717, 1.165) is 43.0 Å². The first-order valence-electron chi connectivity index (χ1n) is 10.9. The highest BCUT2D eigenvalue weighted by atomic mass is 32.2. The van der Waals surface area contributed by atoms with Crippen LogP contribution in [0.4, 0.5) is 11.5 Å². The van der Waals surface area contributed by atoms with E-state index in [9.17, 15) is 8.42 Å².